The van der Waals surface area contributed by atoms with Crippen molar-refractivity contribution >= 4 is 5.78 Å². The number of rotatable bonds is 10. The fraction of sp³-hybridized carbons (Fsp3) is 0.806. The molecule has 5 unspecified atom stereocenters. The second-order valence-corrected chi connectivity index (χ2v) is 14.4. The lowest BCUT2D eigenvalue weighted by Crippen LogP contribution is -2.56. The van der Waals surface area contributed by atoms with Gasteiger partial charge in [-0.3, -0.25) is 4.79 Å². The molecule has 4 aliphatic carbocycles. The number of carbonyl (C=O) groups is 1. The van der Waals surface area contributed by atoms with Crippen LogP contribution in [0.4, 0.5) is 0 Å². The molecule has 1 aromatic carbocycles. The Morgan fingerprint density at radius 1 is 0.976 bits per heavy atom. The van der Waals surface area contributed by atoms with E-state index >= 15 is 0 Å². The summed E-state index contributed by atoms with van der Waals surface area (Å²) in [5.74, 6) is 3.80. The summed E-state index contributed by atoms with van der Waals surface area (Å²) in [5.41, 5.74) is 1.49. The Labute approximate surface area is 248 Å². The van der Waals surface area contributed by atoms with Crippen molar-refractivity contribution < 1.29 is 19.0 Å². The van der Waals surface area contributed by atoms with Crippen molar-refractivity contribution in [2.75, 3.05) is 19.8 Å². The molecule has 7 atom stereocenters. The Morgan fingerprint density at radius 2 is 1.78 bits per heavy atom. The minimum Gasteiger partial charge on any atom is -0.494 e. The molecule has 4 saturated carbocycles. The van der Waals surface area contributed by atoms with E-state index in [0.717, 1.165) is 82.7 Å². The van der Waals surface area contributed by atoms with Crippen LogP contribution in [0.5, 0.6) is 5.75 Å². The van der Waals surface area contributed by atoms with E-state index in [-0.39, 0.29) is 11.2 Å². The molecule has 5 fully saturated rings. The molecule has 1 heterocycles. The number of ether oxygens (including phenoxy) is 3. The van der Waals surface area contributed by atoms with Gasteiger partial charge in [-0.25, -0.2) is 0 Å². The van der Waals surface area contributed by atoms with Crippen LogP contribution in [0.1, 0.15) is 123 Å². The Hall–Kier alpha value is -1.43. The topological polar surface area (TPSA) is 56.8 Å². The average molecular weight is 566 g/mol. The normalized spacial score (nSPS) is 36.7. The zero-order chi connectivity index (χ0) is 28.7. The first-order valence-electron chi connectivity index (χ1n) is 17.2. The van der Waals surface area contributed by atoms with E-state index in [2.05, 4.69) is 57.3 Å². The van der Waals surface area contributed by atoms with Gasteiger partial charge in [0, 0.05) is 36.8 Å². The molecule has 228 valence electrons. The summed E-state index contributed by atoms with van der Waals surface area (Å²) >= 11 is 0. The number of ketones is 1. The lowest BCUT2D eigenvalue weighted by molar-refractivity contribution is -0.229. The molecule has 5 aliphatic rings. The molecule has 0 radical (unpaired) electrons. The SMILES string of the molecule is CCC(CC)NC(CC)c1cccc(OCC[C@]23CCC4C(CCC5CC6(CC[C@@]54C)OCCO6)C2CCC3=O)c1. The van der Waals surface area contributed by atoms with E-state index in [4.69, 9.17) is 14.2 Å². The highest BCUT2D eigenvalue weighted by Crippen LogP contribution is 2.67. The third-order valence-corrected chi connectivity index (χ3v) is 12.8. The number of benzene rings is 1. The molecule has 1 saturated heterocycles. The first-order valence-corrected chi connectivity index (χ1v) is 17.2. The zero-order valence-electron chi connectivity index (χ0n) is 26.2. The van der Waals surface area contributed by atoms with Gasteiger partial charge in [-0.15, -0.1) is 0 Å². The number of hydrogen-bond donors (Lipinski definition) is 1. The van der Waals surface area contributed by atoms with E-state index in [9.17, 15) is 4.79 Å². The highest BCUT2D eigenvalue weighted by atomic mass is 16.7. The Bertz CT molecular complexity index is 1060. The van der Waals surface area contributed by atoms with Crippen LogP contribution in [0.15, 0.2) is 24.3 Å². The summed E-state index contributed by atoms with van der Waals surface area (Å²) in [5, 5.41) is 3.84. The molecule has 1 aromatic rings. The molecule has 1 aliphatic heterocycles. The van der Waals surface area contributed by atoms with Crippen molar-refractivity contribution in [1.29, 1.82) is 0 Å². The van der Waals surface area contributed by atoms with Gasteiger partial charge in [0.2, 0.25) is 0 Å². The highest BCUT2D eigenvalue weighted by Gasteiger charge is 2.63. The van der Waals surface area contributed by atoms with Gasteiger partial charge >= 0.3 is 0 Å². The minimum absolute atomic E-state index is 0.168. The van der Waals surface area contributed by atoms with Gasteiger partial charge in [-0.2, -0.15) is 0 Å². The maximum absolute atomic E-state index is 13.6. The predicted octanol–water partition coefficient (Wildman–Crippen LogP) is 8.02. The first-order chi connectivity index (χ1) is 19.9. The molecule has 0 bridgehead atoms. The largest absolute Gasteiger partial charge is 0.494 e. The first kappa shape index (κ1) is 29.6. The second-order valence-electron chi connectivity index (χ2n) is 14.4. The van der Waals surface area contributed by atoms with Crippen LogP contribution in [-0.2, 0) is 14.3 Å². The van der Waals surface area contributed by atoms with Crippen molar-refractivity contribution in [2.45, 2.75) is 129 Å². The van der Waals surface area contributed by atoms with Gasteiger partial charge in [0.05, 0.1) is 19.8 Å². The summed E-state index contributed by atoms with van der Waals surface area (Å²) in [7, 11) is 0. The number of carbonyl (C=O) groups excluding carboxylic acids is 1. The molecule has 5 nitrogen and oxygen atoms in total. The quantitative estimate of drug-likeness (QED) is 0.311. The zero-order valence-corrected chi connectivity index (χ0v) is 26.2. The van der Waals surface area contributed by atoms with E-state index < -0.39 is 0 Å². The monoisotopic (exact) mass is 565 g/mol. The summed E-state index contributed by atoms with van der Waals surface area (Å²) in [6.45, 7) is 11.5. The maximum Gasteiger partial charge on any atom is 0.168 e. The Balaban J connectivity index is 1.11. The summed E-state index contributed by atoms with van der Waals surface area (Å²) < 4.78 is 18.8. The third kappa shape index (κ3) is 5.31. The van der Waals surface area contributed by atoms with Gasteiger partial charge in [0.15, 0.2) is 5.79 Å². The number of nitrogens with one attached hydrogen (secondary N) is 1. The molecule has 41 heavy (non-hydrogen) atoms. The van der Waals surface area contributed by atoms with Crippen LogP contribution in [0.3, 0.4) is 0 Å². The maximum atomic E-state index is 13.6. The minimum atomic E-state index is -0.297. The fourth-order valence-corrected chi connectivity index (χ4v) is 10.4. The Kier molecular flexibility index (Phi) is 8.62. The average Bonchev–Trinajstić information content (AvgIpc) is 3.59. The fourth-order valence-electron chi connectivity index (χ4n) is 10.4. The molecule has 1 spiro atoms. The van der Waals surface area contributed by atoms with Gasteiger partial charge in [0.1, 0.15) is 11.5 Å². The molecule has 5 heteroatoms. The van der Waals surface area contributed by atoms with Crippen LogP contribution in [-0.4, -0.2) is 37.4 Å². The van der Waals surface area contributed by atoms with E-state index in [1.807, 2.05) is 0 Å². The van der Waals surface area contributed by atoms with Crippen LogP contribution in [0.2, 0.25) is 0 Å². The van der Waals surface area contributed by atoms with Crippen molar-refractivity contribution in [3.05, 3.63) is 29.8 Å². The molecule has 0 aromatic heterocycles. The number of hydrogen-bond acceptors (Lipinski definition) is 5. The van der Waals surface area contributed by atoms with Crippen molar-refractivity contribution in [1.82, 2.24) is 5.32 Å². The van der Waals surface area contributed by atoms with Crippen molar-refractivity contribution in [2.24, 2.45) is 34.5 Å². The van der Waals surface area contributed by atoms with E-state index in [0.29, 0.717) is 47.6 Å². The standard InChI is InChI=1S/C36H55NO4/c1-5-27(6-2)37-32(7-3)25-9-8-10-28(23-25)39-20-19-35-16-15-30-29(31(35)13-14-33(35)38)12-11-26-24-36(40-21-22-41-36)18-17-34(26,30)4/h8-10,23,26-27,29-32,37H,5-7,11-22,24H2,1-4H3/t26?,29?,30?,31?,32?,34-,35+/m0/s1. The van der Waals surface area contributed by atoms with Crippen LogP contribution < -0.4 is 10.1 Å². The van der Waals surface area contributed by atoms with Crippen molar-refractivity contribution in [3.63, 3.8) is 0 Å². The van der Waals surface area contributed by atoms with Gasteiger partial charge < -0.3 is 19.5 Å². The highest BCUT2D eigenvalue weighted by molar-refractivity contribution is 5.87. The van der Waals surface area contributed by atoms with E-state index in [1.54, 1.807) is 0 Å². The lowest BCUT2D eigenvalue weighted by atomic mass is 9.44. The predicted molar refractivity (Wildman–Crippen MR) is 163 cm³/mol. The molecule has 1 N–H and O–H groups in total. The Morgan fingerprint density at radius 3 is 2.54 bits per heavy atom. The lowest BCUT2D eigenvalue weighted by Gasteiger charge is -2.61. The van der Waals surface area contributed by atoms with Gasteiger partial charge in [0.25, 0.3) is 0 Å². The van der Waals surface area contributed by atoms with Crippen LogP contribution in [0, 0.1) is 34.5 Å². The smallest absolute Gasteiger partial charge is 0.168 e. The van der Waals surface area contributed by atoms with Crippen LogP contribution in [0.25, 0.3) is 0 Å². The number of Topliss-reactive ketones (excluding diaryl/α,β-unsaturated/α-hetero) is 1. The van der Waals surface area contributed by atoms with E-state index in [1.165, 1.54) is 31.2 Å². The summed E-state index contributed by atoms with van der Waals surface area (Å²) in [6.07, 6.45) is 14.2. The van der Waals surface area contributed by atoms with Crippen molar-refractivity contribution in [3.8, 4) is 5.75 Å². The number of fused-ring (bicyclic) bond motifs is 5. The molecule has 6 rings (SSSR count). The van der Waals surface area contributed by atoms with Gasteiger partial charge in [-0.05, 0) is 111 Å². The third-order valence-electron chi connectivity index (χ3n) is 12.8. The summed E-state index contributed by atoms with van der Waals surface area (Å²) in [6, 6.07) is 9.55. The molecular weight excluding hydrogens is 510 g/mol. The van der Waals surface area contributed by atoms with Crippen LogP contribution >= 0.6 is 0 Å². The van der Waals surface area contributed by atoms with Gasteiger partial charge in [-0.1, -0.05) is 39.8 Å². The summed E-state index contributed by atoms with van der Waals surface area (Å²) in [4.78, 5) is 13.6. The molecule has 0 amide bonds. The second kappa shape index (κ2) is 11.9. The molecular formula is C36H55NO4.